The number of aromatic nitrogens is 1. The smallest absolute Gasteiger partial charge is 0.259 e. The highest BCUT2D eigenvalue weighted by atomic mass is 16.4. The van der Waals surface area contributed by atoms with E-state index in [0.29, 0.717) is 5.69 Å². The molecular formula is C19H12N2O5. The molecule has 0 bridgehead atoms. The average Bonchev–Trinajstić information content (AvgIpc) is 2.97. The summed E-state index contributed by atoms with van der Waals surface area (Å²) in [7, 11) is 0. The molecule has 1 aliphatic rings. The Hall–Kier alpha value is -3.74. The molecule has 0 fully saturated rings. The maximum absolute atomic E-state index is 12.8. The van der Waals surface area contributed by atoms with Gasteiger partial charge in [0.2, 0.25) is 11.6 Å². The maximum atomic E-state index is 12.8. The molecule has 1 amide bonds. The van der Waals surface area contributed by atoms with E-state index in [2.05, 4.69) is 10.3 Å². The van der Waals surface area contributed by atoms with Gasteiger partial charge in [0.25, 0.3) is 5.91 Å². The molecule has 2 aromatic heterocycles. The summed E-state index contributed by atoms with van der Waals surface area (Å²) in [5.74, 6) is -1.65. The van der Waals surface area contributed by atoms with Crippen LogP contribution in [0.25, 0.3) is 0 Å². The van der Waals surface area contributed by atoms with Crippen LogP contribution in [0.1, 0.15) is 48.3 Å². The molecule has 0 unspecified atom stereocenters. The lowest BCUT2D eigenvalue weighted by Crippen LogP contribution is -2.24. The Labute approximate surface area is 147 Å². The summed E-state index contributed by atoms with van der Waals surface area (Å²) in [4.78, 5) is 42.1. The first kappa shape index (κ1) is 15.8. The number of phenolic OH excluding ortho intramolecular Hbond substituents is 1. The monoisotopic (exact) mass is 348 g/mol. The number of ketones is 2. The fourth-order valence-electron chi connectivity index (χ4n) is 2.98. The lowest BCUT2D eigenvalue weighted by atomic mass is 9.89. The predicted molar refractivity (Wildman–Crippen MR) is 90.6 cm³/mol. The van der Waals surface area contributed by atoms with Gasteiger partial charge in [-0.3, -0.25) is 19.4 Å². The number of nitrogens with zero attached hydrogens (tertiary/aromatic N) is 1. The van der Waals surface area contributed by atoms with Gasteiger partial charge >= 0.3 is 0 Å². The molecule has 26 heavy (non-hydrogen) atoms. The summed E-state index contributed by atoms with van der Waals surface area (Å²) in [5.41, 5.74) is 0.391. The Bertz CT molecular complexity index is 1100. The van der Waals surface area contributed by atoms with E-state index in [0.717, 1.165) is 0 Å². The third-order valence-corrected chi connectivity index (χ3v) is 4.12. The van der Waals surface area contributed by atoms with E-state index < -0.39 is 17.5 Å². The zero-order chi connectivity index (χ0) is 18.4. The lowest BCUT2D eigenvalue weighted by Gasteiger charge is -2.13. The van der Waals surface area contributed by atoms with Gasteiger partial charge in [0, 0.05) is 18.0 Å². The summed E-state index contributed by atoms with van der Waals surface area (Å²) in [6.45, 7) is 1.51. The number of carbonyl (C=O) groups is 3. The normalized spacial score (nSPS) is 12.5. The van der Waals surface area contributed by atoms with E-state index in [-0.39, 0.29) is 39.7 Å². The number of rotatable bonds is 2. The molecule has 0 radical (unpaired) electrons. The summed E-state index contributed by atoms with van der Waals surface area (Å²) >= 11 is 0. The number of hydrogen-bond acceptors (Lipinski definition) is 6. The number of furan rings is 1. The molecule has 2 N–H and O–H groups in total. The first-order valence-electron chi connectivity index (χ1n) is 7.75. The quantitative estimate of drug-likeness (QED) is 0.576. The predicted octanol–water partition coefficient (Wildman–Crippen LogP) is 2.72. The van der Waals surface area contributed by atoms with Crippen molar-refractivity contribution in [3.8, 4) is 5.75 Å². The highest BCUT2D eigenvalue weighted by Gasteiger charge is 2.39. The molecule has 0 aliphatic heterocycles. The van der Waals surface area contributed by atoms with Crippen molar-refractivity contribution >= 4 is 23.2 Å². The van der Waals surface area contributed by atoms with Gasteiger partial charge in [-0.25, -0.2) is 0 Å². The second-order valence-corrected chi connectivity index (χ2v) is 5.80. The van der Waals surface area contributed by atoms with Crippen LogP contribution in [-0.4, -0.2) is 27.6 Å². The van der Waals surface area contributed by atoms with Crippen molar-refractivity contribution in [1.82, 2.24) is 4.98 Å². The Morgan fingerprint density at radius 2 is 1.96 bits per heavy atom. The number of nitrogens with one attached hydrogen (secondary N) is 1. The van der Waals surface area contributed by atoms with Crippen molar-refractivity contribution in [3.05, 3.63) is 76.5 Å². The number of hydrogen-bond donors (Lipinski definition) is 2. The number of aromatic hydroxyl groups is 1. The van der Waals surface area contributed by atoms with Crippen molar-refractivity contribution in [2.45, 2.75) is 6.92 Å². The zero-order valence-electron chi connectivity index (χ0n) is 13.6. The summed E-state index contributed by atoms with van der Waals surface area (Å²) in [6.07, 6.45) is 1.41. The third kappa shape index (κ3) is 2.29. The largest absolute Gasteiger partial charge is 0.508 e. The summed E-state index contributed by atoms with van der Waals surface area (Å²) in [6, 6.07) is 9.03. The van der Waals surface area contributed by atoms with Gasteiger partial charge in [-0.2, -0.15) is 0 Å². The van der Waals surface area contributed by atoms with Gasteiger partial charge in [0.15, 0.2) is 5.76 Å². The van der Waals surface area contributed by atoms with Gasteiger partial charge < -0.3 is 14.8 Å². The molecule has 1 aliphatic carbocycles. The van der Waals surface area contributed by atoms with Crippen LogP contribution in [0.5, 0.6) is 5.75 Å². The van der Waals surface area contributed by atoms with Gasteiger partial charge in [-0.05, 0) is 31.2 Å². The van der Waals surface area contributed by atoms with Crippen molar-refractivity contribution in [3.63, 3.8) is 0 Å². The second-order valence-electron chi connectivity index (χ2n) is 5.80. The Morgan fingerprint density at radius 3 is 2.73 bits per heavy atom. The van der Waals surface area contributed by atoms with Gasteiger partial charge in [0.1, 0.15) is 17.2 Å². The molecule has 2 heterocycles. The van der Waals surface area contributed by atoms with Crippen LogP contribution < -0.4 is 5.32 Å². The van der Waals surface area contributed by atoms with Crippen LogP contribution in [0.4, 0.5) is 5.69 Å². The highest BCUT2D eigenvalue weighted by molar-refractivity contribution is 6.30. The minimum absolute atomic E-state index is 0.00259. The third-order valence-electron chi connectivity index (χ3n) is 4.12. The van der Waals surface area contributed by atoms with Crippen LogP contribution in [0.2, 0.25) is 0 Å². The van der Waals surface area contributed by atoms with Gasteiger partial charge in [0.05, 0.1) is 16.7 Å². The Balaban J connectivity index is 1.80. The fourth-order valence-corrected chi connectivity index (χ4v) is 2.98. The molecule has 128 valence electrons. The van der Waals surface area contributed by atoms with E-state index in [1.165, 1.54) is 31.3 Å². The number of carbonyl (C=O) groups excluding carboxylic acids is 3. The van der Waals surface area contributed by atoms with E-state index in [9.17, 15) is 19.5 Å². The molecular weight excluding hydrogens is 336 g/mol. The number of benzene rings is 1. The maximum Gasteiger partial charge on any atom is 0.259 e. The van der Waals surface area contributed by atoms with E-state index in [4.69, 9.17) is 4.42 Å². The molecule has 0 spiro atoms. The SMILES string of the molecule is Cc1oc2c(c1C(=O)Nc1cccc(O)c1)C(=O)c1ncccc1C2=O. The number of fused-ring (bicyclic) bond motifs is 2. The summed E-state index contributed by atoms with van der Waals surface area (Å²) < 4.78 is 5.45. The number of anilines is 1. The number of amides is 1. The van der Waals surface area contributed by atoms with Crippen LogP contribution in [-0.2, 0) is 0 Å². The van der Waals surface area contributed by atoms with Crippen LogP contribution in [0.3, 0.4) is 0 Å². The molecule has 7 heteroatoms. The van der Waals surface area contributed by atoms with E-state index in [1.807, 2.05) is 0 Å². The molecule has 0 atom stereocenters. The lowest BCUT2D eigenvalue weighted by molar-refractivity contribution is 0.0953. The molecule has 7 nitrogen and oxygen atoms in total. The fraction of sp³-hybridized carbons (Fsp3) is 0.0526. The van der Waals surface area contributed by atoms with Gasteiger partial charge in [-0.15, -0.1) is 0 Å². The van der Waals surface area contributed by atoms with E-state index >= 15 is 0 Å². The average molecular weight is 348 g/mol. The second kappa shape index (κ2) is 5.66. The highest BCUT2D eigenvalue weighted by Crippen LogP contribution is 2.32. The van der Waals surface area contributed by atoms with Crippen molar-refractivity contribution in [2.75, 3.05) is 5.32 Å². The zero-order valence-corrected chi connectivity index (χ0v) is 13.6. The first-order chi connectivity index (χ1) is 12.5. The Morgan fingerprint density at radius 1 is 1.15 bits per heavy atom. The van der Waals surface area contributed by atoms with Crippen molar-refractivity contribution in [1.29, 1.82) is 0 Å². The number of aryl methyl sites for hydroxylation is 1. The van der Waals surface area contributed by atoms with Crippen LogP contribution in [0.15, 0.2) is 47.0 Å². The standard InChI is InChI=1S/C19H12N2O5/c1-9-13(19(25)21-10-4-2-5-11(22)8-10)14-17(24)15-12(6-3-7-20-15)16(23)18(14)26-9/h2-8,22H,1H3,(H,21,25). The van der Waals surface area contributed by atoms with Crippen LogP contribution in [0, 0.1) is 6.92 Å². The topological polar surface area (TPSA) is 110 Å². The van der Waals surface area contributed by atoms with Gasteiger partial charge in [-0.1, -0.05) is 6.07 Å². The molecule has 0 saturated heterocycles. The molecule has 3 aromatic rings. The molecule has 1 aromatic carbocycles. The van der Waals surface area contributed by atoms with Crippen molar-refractivity contribution < 1.29 is 23.9 Å². The van der Waals surface area contributed by atoms with Crippen molar-refractivity contribution in [2.24, 2.45) is 0 Å². The minimum Gasteiger partial charge on any atom is -0.508 e. The Kier molecular flexibility index (Phi) is 3.43. The minimum atomic E-state index is -0.612. The molecule has 0 saturated carbocycles. The van der Waals surface area contributed by atoms with Crippen LogP contribution >= 0.6 is 0 Å². The molecule has 4 rings (SSSR count). The summed E-state index contributed by atoms with van der Waals surface area (Å²) in [5, 5.41) is 12.1. The van der Waals surface area contributed by atoms with E-state index in [1.54, 1.807) is 18.2 Å². The first-order valence-corrected chi connectivity index (χ1v) is 7.75. The number of phenols is 1. The number of pyridine rings is 1.